The van der Waals surface area contributed by atoms with Crippen LogP contribution >= 0.6 is 11.3 Å². The van der Waals surface area contributed by atoms with Crippen LogP contribution in [0.1, 0.15) is 26.5 Å². The Morgan fingerprint density at radius 3 is 2.82 bits per heavy atom. The van der Waals surface area contributed by atoms with E-state index in [-0.39, 0.29) is 18.2 Å². The number of aromatic nitrogens is 2. The van der Waals surface area contributed by atoms with E-state index in [1.807, 2.05) is 30.5 Å². The van der Waals surface area contributed by atoms with Crippen molar-refractivity contribution in [3.8, 4) is 10.7 Å². The van der Waals surface area contributed by atoms with Crippen molar-refractivity contribution in [1.29, 1.82) is 0 Å². The summed E-state index contributed by atoms with van der Waals surface area (Å²) in [6, 6.07) is 5.70. The molecule has 2 rings (SSSR count). The first-order valence-electron chi connectivity index (χ1n) is 7.31. The van der Waals surface area contributed by atoms with Gasteiger partial charge < -0.3 is 11.1 Å². The van der Waals surface area contributed by atoms with E-state index >= 15 is 0 Å². The van der Waals surface area contributed by atoms with Gasteiger partial charge in [0.25, 0.3) is 0 Å². The molecule has 0 aromatic carbocycles. The lowest BCUT2D eigenvalue weighted by atomic mass is 9.88. The smallest absolute Gasteiger partial charge is 0.226 e. The highest BCUT2D eigenvalue weighted by atomic mass is 32.1. The third-order valence-electron chi connectivity index (χ3n) is 3.90. The highest BCUT2D eigenvalue weighted by Crippen LogP contribution is 2.22. The maximum Gasteiger partial charge on any atom is 0.226 e. The first kappa shape index (κ1) is 16.6. The molecule has 3 N–H and O–H groups in total. The summed E-state index contributed by atoms with van der Waals surface area (Å²) in [4.78, 5) is 21.0. The van der Waals surface area contributed by atoms with Gasteiger partial charge in [0.2, 0.25) is 5.91 Å². The quantitative estimate of drug-likeness (QED) is 0.856. The molecule has 5 nitrogen and oxygen atoms in total. The van der Waals surface area contributed by atoms with E-state index in [1.54, 1.807) is 6.20 Å². The number of nitrogens with zero attached hydrogens (tertiary/aromatic N) is 2. The van der Waals surface area contributed by atoms with Gasteiger partial charge in [0.15, 0.2) is 0 Å². The molecular formula is C16H22N4OS. The Bertz CT molecular complexity index is 626. The lowest BCUT2D eigenvalue weighted by molar-refractivity contribution is -0.122. The van der Waals surface area contributed by atoms with Crippen LogP contribution in [-0.2, 0) is 11.2 Å². The zero-order valence-corrected chi connectivity index (χ0v) is 14.0. The van der Waals surface area contributed by atoms with E-state index in [1.165, 1.54) is 11.3 Å². The average Bonchev–Trinajstić information content (AvgIpc) is 2.96. The molecule has 1 amide bonds. The fraction of sp³-hybridized carbons (Fsp3) is 0.438. The summed E-state index contributed by atoms with van der Waals surface area (Å²) < 4.78 is 0. The van der Waals surface area contributed by atoms with Gasteiger partial charge >= 0.3 is 0 Å². The van der Waals surface area contributed by atoms with Gasteiger partial charge in [-0.2, -0.15) is 0 Å². The zero-order chi connectivity index (χ0) is 16.2. The predicted octanol–water partition coefficient (Wildman–Crippen LogP) is 2.24. The normalized spacial score (nSPS) is 13.9. The van der Waals surface area contributed by atoms with Crippen LogP contribution in [0, 0.1) is 5.92 Å². The van der Waals surface area contributed by atoms with Gasteiger partial charge in [-0.15, -0.1) is 11.3 Å². The van der Waals surface area contributed by atoms with Crippen LogP contribution in [0.3, 0.4) is 0 Å². The number of hydrogen-bond donors (Lipinski definition) is 2. The summed E-state index contributed by atoms with van der Waals surface area (Å²) in [7, 11) is 0. The zero-order valence-electron chi connectivity index (χ0n) is 13.2. The van der Waals surface area contributed by atoms with Crippen LogP contribution in [0.25, 0.3) is 10.7 Å². The number of rotatable bonds is 6. The maximum absolute atomic E-state index is 12.2. The van der Waals surface area contributed by atoms with E-state index in [0.717, 1.165) is 16.4 Å². The molecule has 22 heavy (non-hydrogen) atoms. The molecule has 6 heteroatoms. The Labute approximate surface area is 135 Å². The molecule has 0 bridgehead atoms. The first-order valence-corrected chi connectivity index (χ1v) is 8.19. The molecule has 1 atom stereocenters. The second-order valence-electron chi connectivity index (χ2n) is 5.86. The van der Waals surface area contributed by atoms with Crippen molar-refractivity contribution in [2.24, 2.45) is 11.7 Å². The van der Waals surface area contributed by atoms with E-state index < -0.39 is 5.54 Å². The minimum absolute atomic E-state index is 0.0560. The summed E-state index contributed by atoms with van der Waals surface area (Å²) in [5.74, 6) is 0.209. The monoisotopic (exact) mass is 318 g/mol. The molecule has 0 aliphatic carbocycles. The second-order valence-corrected chi connectivity index (χ2v) is 6.72. The van der Waals surface area contributed by atoms with E-state index in [9.17, 15) is 4.79 Å². The maximum atomic E-state index is 12.2. The molecule has 2 aromatic rings. The minimum atomic E-state index is -0.392. The first-order chi connectivity index (χ1) is 10.4. The Balaban J connectivity index is 2.03. The molecule has 0 aliphatic heterocycles. The Morgan fingerprint density at radius 2 is 2.23 bits per heavy atom. The van der Waals surface area contributed by atoms with Gasteiger partial charge in [0, 0.05) is 18.1 Å². The molecule has 2 aromatic heterocycles. The molecule has 0 spiro atoms. The lowest BCUT2D eigenvalue weighted by Gasteiger charge is -2.33. The van der Waals surface area contributed by atoms with Crippen molar-refractivity contribution in [2.75, 3.05) is 6.54 Å². The summed E-state index contributed by atoms with van der Waals surface area (Å²) in [6.45, 7) is 6.48. The van der Waals surface area contributed by atoms with Crippen LogP contribution in [0.5, 0.6) is 0 Å². The summed E-state index contributed by atoms with van der Waals surface area (Å²) >= 11 is 1.50. The largest absolute Gasteiger partial charge is 0.349 e. The number of hydrogen-bond acceptors (Lipinski definition) is 5. The van der Waals surface area contributed by atoms with Crippen molar-refractivity contribution in [3.05, 3.63) is 35.5 Å². The fourth-order valence-electron chi connectivity index (χ4n) is 1.95. The molecule has 0 aliphatic rings. The molecule has 0 fully saturated rings. The third kappa shape index (κ3) is 3.90. The highest BCUT2D eigenvalue weighted by Gasteiger charge is 2.28. The van der Waals surface area contributed by atoms with Crippen LogP contribution in [0.15, 0.2) is 29.8 Å². The van der Waals surface area contributed by atoms with Crippen LogP contribution in [-0.4, -0.2) is 28.0 Å². The van der Waals surface area contributed by atoms with E-state index in [2.05, 4.69) is 29.1 Å². The van der Waals surface area contributed by atoms with Crippen LogP contribution < -0.4 is 11.1 Å². The van der Waals surface area contributed by atoms with Crippen molar-refractivity contribution in [2.45, 2.75) is 32.7 Å². The molecule has 1 unspecified atom stereocenters. The predicted molar refractivity (Wildman–Crippen MR) is 89.5 cm³/mol. The minimum Gasteiger partial charge on any atom is -0.349 e. The number of carbonyl (C=O) groups excluding carboxylic acids is 1. The average molecular weight is 318 g/mol. The molecule has 2 heterocycles. The molecule has 118 valence electrons. The van der Waals surface area contributed by atoms with Gasteiger partial charge in [-0.05, 0) is 25.0 Å². The number of amides is 1. The number of thiazole rings is 1. The van der Waals surface area contributed by atoms with Crippen molar-refractivity contribution >= 4 is 17.2 Å². The number of carbonyl (C=O) groups is 1. The van der Waals surface area contributed by atoms with Crippen LogP contribution in [0.4, 0.5) is 0 Å². The molecular weight excluding hydrogens is 296 g/mol. The van der Waals surface area contributed by atoms with Crippen LogP contribution in [0.2, 0.25) is 0 Å². The van der Waals surface area contributed by atoms with E-state index in [4.69, 9.17) is 5.73 Å². The van der Waals surface area contributed by atoms with Gasteiger partial charge in [0.1, 0.15) is 5.01 Å². The number of nitrogens with one attached hydrogen (secondary N) is 1. The summed E-state index contributed by atoms with van der Waals surface area (Å²) in [5, 5.41) is 5.75. The van der Waals surface area contributed by atoms with Crippen molar-refractivity contribution in [3.63, 3.8) is 0 Å². The second kappa shape index (κ2) is 6.98. The van der Waals surface area contributed by atoms with Crippen molar-refractivity contribution < 1.29 is 4.79 Å². The third-order valence-corrected chi connectivity index (χ3v) is 4.81. The molecule has 0 radical (unpaired) electrons. The summed E-state index contributed by atoms with van der Waals surface area (Å²) in [5.41, 5.74) is 6.98. The van der Waals surface area contributed by atoms with Gasteiger partial charge in [0.05, 0.1) is 23.3 Å². The summed E-state index contributed by atoms with van der Waals surface area (Å²) in [6.07, 6.45) is 1.99. The SMILES string of the molecule is CC(C)C(C)(CN)NC(=O)Cc1csc(-c2ccccn2)n1. The Kier molecular flexibility index (Phi) is 5.26. The molecule has 0 saturated carbocycles. The van der Waals surface area contributed by atoms with Crippen molar-refractivity contribution in [1.82, 2.24) is 15.3 Å². The fourth-order valence-corrected chi connectivity index (χ4v) is 2.75. The lowest BCUT2D eigenvalue weighted by Crippen LogP contribution is -2.55. The number of nitrogens with two attached hydrogens (primary N) is 1. The topological polar surface area (TPSA) is 80.9 Å². The van der Waals surface area contributed by atoms with E-state index in [0.29, 0.717) is 6.54 Å². The Morgan fingerprint density at radius 1 is 1.45 bits per heavy atom. The van der Waals surface area contributed by atoms with Gasteiger partial charge in [-0.25, -0.2) is 4.98 Å². The van der Waals surface area contributed by atoms with Gasteiger partial charge in [-0.1, -0.05) is 19.9 Å². The Hall–Kier alpha value is -1.79. The standard InChI is InChI=1S/C16H22N4OS/c1-11(2)16(3,10-17)20-14(21)8-12-9-22-15(19-12)13-6-4-5-7-18-13/h4-7,9,11H,8,10,17H2,1-3H3,(H,20,21). The molecule has 0 saturated heterocycles. The number of pyridine rings is 1. The highest BCUT2D eigenvalue weighted by molar-refractivity contribution is 7.13. The van der Waals surface area contributed by atoms with Gasteiger partial charge in [-0.3, -0.25) is 9.78 Å².